The summed E-state index contributed by atoms with van der Waals surface area (Å²) in [6.45, 7) is 24.8. The van der Waals surface area contributed by atoms with Crippen molar-refractivity contribution >= 4 is 21.9 Å². The molecule has 0 radical (unpaired) electrons. The first-order valence-corrected chi connectivity index (χ1v) is 22.5. The van der Waals surface area contributed by atoms with E-state index in [0.717, 1.165) is 0 Å². The van der Waals surface area contributed by atoms with E-state index < -0.39 is 0 Å². The number of fused-ring (bicyclic) bond motifs is 12. The maximum absolute atomic E-state index is 2.93. The molecule has 286 valence electrons. The van der Waals surface area contributed by atoms with Gasteiger partial charge in [-0.25, -0.2) is 0 Å². The molecule has 4 aromatic carbocycles. The Morgan fingerprint density at radius 2 is 1.25 bits per heavy atom. The Morgan fingerprint density at radius 3 is 1.93 bits per heavy atom. The summed E-state index contributed by atoms with van der Waals surface area (Å²) in [5.74, 6) is 2.74. The van der Waals surface area contributed by atoms with E-state index in [4.69, 9.17) is 0 Å². The van der Waals surface area contributed by atoms with Crippen molar-refractivity contribution in [1.29, 1.82) is 0 Å². The lowest BCUT2D eigenvalue weighted by Gasteiger charge is -2.50. The lowest BCUT2D eigenvalue weighted by molar-refractivity contribution is 0.210. The van der Waals surface area contributed by atoms with Crippen LogP contribution < -0.4 is 0 Å². The van der Waals surface area contributed by atoms with Crippen LogP contribution in [0.5, 0.6) is 0 Å². The van der Waals surface area contributed by atoms with E-state index in [1.807, 2.05) is 0 Å². The Labute approximate surface area is 333 Å². The van der Waals surface area contributed by atoms with Crippen LogP contribution in [0.4, 0.5) is 0 Å². The van der Waals surface area contributed by atoms with Crippen LogP contribution >= 0.6 is 0 Å². The van der Waals surface area contributed by atoms with Gasteiger partial charge in [-0.05, 0) is 146 Å². The highest BCUT2D eigenvalue weighted by atomic mass is 14.6. The third-order valence-electron chi connectivity index (χ3n) is 15.9. The first kappa shape index (κ1) is 37.0. The third-order valence-corrected chi connectivity index (χ3v) is 15.9. The molecule has 0 N–H and O–H groups in total. The molecular weight excluding hydrogens is 661 g/mol. The number of allylic oxidation sites excluding steroid dienone is 6. The molecule has 0 heteroatoms. The van der Waals surface area contributed by atoms with E-state index in [-0.39, 0.29) is 16.2 Å². The molecule has 0 saturated heterocycles. The summed E-state index contributed by atoms with van der Waals surface area (Å²) < 4.78 is 0. The van der Waals surface area contributed by atoms with E-state index in [1.165, 1.54) is 90.8 Å². The Bertz CT molecular complexity index is 2280. The number of hydrogen-bond acceptors (Lipinski definition) is 0. The lowest BCUT2D eigenvalue weighted by Crippen LogP contribution is -2.43. The fourth-order valence-corrected chi connectivity index (χ4v) is 13.5. The molecule has 5 aliphatic carbocycles. The van der Waals surface area contributed by atoms with Gasteiger partial charge in [0.05, 0.1) is 0 Å². The van der Waals surface area contributed by atoms with Crippen LogP contribution in [-0.4, -0.2) is 0 Å². The van der Waals surface area contributed by atoms with Gasteiger partial charge in [0.2, 0.25) is 0 Å². The Balaban J connectivity index is 1.46. The molecule has 1 fully saturated rings. The molecule has 1 spiro atoms. The van der Waals surface area contributed by atoms with E-state index >= 15 is 0 Å². The van der Waals surface area contributed by atoms with Gasteiger partial charge in [-0.3, -0.25) is 0 Å². The maximum Gasteiger partial charge on any atom is 0.0474 e. The molecule has 0 bridgehead atoms. The molecule has 0 nitrogen and oxygen atoms in total. The van der Waals surface area contributed by atoms with Crippen LogP contribution in [0.1, 0.15) is 172 Å². The van der Waals surface area contributed by atoms with Crippen molar-refractivity contribution in [2.24, 2.45) is 23.7 Å². The summed E-state index contributed by atoms with van der Waals surface area (Å²) in [5.41, 5.74) is 20.1. The zero-order valence-electron chi connectivity index (χ0n) is 35.8. The predicted molar refractivity (Wildman–Crippen MR) is 238 cm³/mol. The summed E-state index contributed by atoms with van der Waals surface area (Å²) in [6, 6.07) is 27.0. The van der Waals surface area contributed by atoms with Crippen molar-refractivity contribution in [1.82, 2.24) is 0 Å². The van der Waals surface area contributed by atoms with Gasteiger partial charge in [-0.1, -0.05) is 167 Å². The van der Waals surface area contributed by atoms with Gasteiger partial charge < -0.3 is 0 Å². The van der Waals surface area contributed by atoms with Crippen molar-refractivity contribution in [3.63, 3.8) is 0 Å². The van der Waals surface area contributed by atoms with Crippen LogP contribution in [0.2, 0.25) is 0 Å². The summed E-state index contributed by atoms with van der Waals surface area (Å²) in [4.78, 5) is 0. The van der Waals surface area contributed by atoms with Crippen molar-refractivity contribution in [3.05, 3.63) is 129 Å². The fraction of sp³-hybridized carbons (Fsp3) is 0.491. The molecular formula is C55H66. The molecule has 0 heterocycles. The normalized spacial score (nSPS) is 23.4. The first-order chi connectivity index (χ1) is 26.5. The van der Waals surface area contributed by atoms with Gasteiger partial charge in [0.15, 0.2) is 0 Å². The smallest absolute Gasteiger partial charge is 0.0474 e. The second-order valence-electron chi connectivity index (χ2n) is 19.6. The highest BCUT2D eigenvalue weighted by Gasteiger charge is 2.58. The molecule has 0 aliphatic heterocycles. The lowest BCUT2D eigenvalue weighted by atomic mass is 9.53. The highest BCUT2D eigenvalue weighted by Crippen LogP contribution is 2.70. The molecule has 2 unspecified atom stereocenters. The van der Waals surface area contributed by atoms with Gasteiger partial charge in [-0.15, -0.1) is 0 Å². The largest absolute Gasteiger partial charge is 0.0654 e. The van der Waals surface area contributed by atoms with E-state index in [2.05, 4.69) is 148 Å². The van der Waals surface area contributed by atoms with Crippen LogP contribution in [0.25, 0.3) is 33.0 Å². The van der Waals surface area contributed by atoms with Gasteiger partial charge in [0.25, 0.3) is 0 Å². The highest BCUT2D eigenvalue weighted by molar-refractivity contribution is 6.13. The summed E-state index contributed by atoms with van der Waals surface area (Å²) in [6.07, 6.45) is 17.4. The molecule has 5 aliphatic rings. The molecule has 55 heavy (non-hydrogen) atoms. The quantitative estimate of drug-likeness (QED) is 0.170. The van der Waals surface area contributed by atoms with Crippen molar-refractivity contribution in [2.75, 3.05) is 0 Å². The van der Waals surface area contributed by atoms with Crippen molar-refractivity contribution in [2.45, 2.75) is 149 Å². The average Bonchev–Trinajstić information content (AvgIpc) is 3.71. The Hall–Kier alpha value is -3.64. The second-order valence-corrected chi connectivity index (χ2v) is 19.6. The van der Waals surface area contributed by atoms with E-state index in [1.54, 1.807) is 50.1 Å². The van der Waals surface area contributed by atoms with Gasteiger partial charge in [-0.2, -0.15) is 0 Å². The molecule has 0 aromatic heterocycles. The van der Waals surface area contributed by atoms with E-state index in [9.17, 15) is 0 Å². The summed E-state index contributed by atoms with van der Waals surface area (Å²) >= 11 is 0. The van der Waals surface area contributed by atoms with Crippen molar-refractivity contribution < 1.29 is 0 Å². The molecule has 4 aromatic rings. The fourth-order valence-electron chi connectivity index (χ4n) is 13.5. The van der Waals surface area contributed by atoms with Gasteiger partial charge in [0, 0.05) is 22.2 Å². The maximum atomic E-state index is 2.93. The monoisotopic (exact) mass is 727 g/mol. The van der Waals surface area contributed by atoms with Crippen LogP contribution in [0.3, 0.4) is 0 Å². The van der Waals surface area contributed by atoms with Crippen LogP contribution in [0, 0.1) is 23.7 Å². The topological polar surface area (TPSA) is 0 Å². The van der Waals surface area contributed by atoms with Gasteiger partial charge >= 0.3 is 0 Å². The Kier molecular flexibility index (Phi) is 8.88. The molecule has 2 atom stereocenters. The number of rotatable bonds is 8. The minimum Gasteiger partial charge on any atom is -0.0654 e. The minimum atomic E-state index is -0.210. The number of hydrogen-bond donors (Lipinski definition) is 0. The third kappa shape index (κ3) is 4.94. The summed E-state index contributed by atoms with van der Waals surface area (Å²) in [5, 5.41) is 2.97. The SMILES string of the molecule is CCC(CC)C1=CC2(c3ccc4c(c3-c3cc(C(C)C)c5ccccc5c32)C(C)(C)C2=C4C(C)(C)c3ccccc32)C(C2CCCCC2)C(C(CC)CC)=C1. The molecule has 9 rings (SSSR count). The first-order valence-electron chi connectivity index (χ1n) is 22.5. The molecule has 0 amide bonds. The van der Waals surface area contributed by atoms with E-state index in [0.29, 0.717) is 29.6 Å². The number of benzene rings is 4. The standard InChI is InChI=1S/C55H66/c1-11-34(12-2)37-30-43(35(13-3)14-4)48(36-22-16-15-17-23-36)55(32-37)46-29-28-41-50(54(9,10)51-40-26-20-21-27-45(40)53(7,8)52(41)51)47(46)44-31-42(33(5)6)38-24-18-19-25-39(38)49(44)55/h18-21,24-36,48H,11-17,22-23H2,1-10H3. The zero-order chi connectivity index (χ0) is 38.6. The second kappa shape index (κ2) is 13.2. The minimum absolute atomic E-state index is 0.0440. The van der Waals surface area contributed by atoms with Gasteiger partial charge in [0.1, 0.15) is 0 Å². The predicted octanol–water partition coefficient (Wildman–Crippen LogP) is 15.7. The zero-order valence-corrected chi connectivity index (χ0v) is 35.8. The summed E-state index contributed by atoms with van der Waals surface area (Å²) in [7, 11) is 0. The van der Waals surface area contributed by atoms with Crippen molar-refractivity contribution in [3.8, 4) is 11.1 Å². The molecule has 1 saturated carbocycles. The van der Waals surface area contributed by atoms with Crippen LogP contribution in [-0.2, 0) is 16.2 Å². The average molecular weight is 727 g/mol. The Morgan fingerprint density at radius 1 is 0.618 bits per heavy atom. The van der Waals surface area contributed by atoms with Crippen LogP contribution in [0.15, 0.2) is 90.0 Å².